The highest BCUT2D eigenvalue weighted by Gasteiger charge is 2.21. The van der Waals surface area contributed by atoms with E-state index in [4.69, 9.17) is 0 Å². The van der Waals surface area contributed by atoms with Crippen LogP contribution >= 0.6 is 0 Å². The van der Waals surface area contributed by atoms with Crippen LogP contribution in [0.15, 0.2) is 23.0 Å². The molecule has 1 atom stereocenters. The normalized spacial score (nSPS) is 19.8. The molecule has 1 aliphatic rings. The molecule has 1 aliphatic heterocycles. The van der Waals surface area contributed by atoms with Crippen molar-refractivity contribution < 1.29 is 9.53 Å². The summed E-state index contributed by atoms with van der Waals surface area (Å²) in [5.41, 5.74) is 0. The van der Waals surface area contributed by atoms with E-state index in [0.29, 0.717) is 19.5 Å². The van der Waals surface area contributed by atoms with Gasteiger partial charge in [0.05, 0.1) is 26.1 Å². The number of carbonyl (C=O) groups excluding carboxylic acids is 1. The van der Waals surface area contributed by atoms with E-state index in [9.17, 15) is 4.79 Å². The average Bonchev–Trinajstić information content (AvgIpc) is 2.62. The predicted molar refractivity (Wildman–Crippen MR) is 51.7 cm³/mol. The lowest BCUT2D eigenvalue weighted by molar-refractivity contribution is -0.141. The van der Waals surface area contributed by atoms with Crippen LogP contribution < -0.4 is 0 Å². The summed E-state index contributed by atoms with van der Waals surface area (Å²) >= 11 is 0. The van der Waals surface area contributed by atoms with Crippen LogP contribution in [-0.2, 0) is 9.53 Å². The molecule has 0 saturated heterocycles. The Morgan fingerprint density at radius 2 is 2.57 bits per heavy atom. The van der Waals surface area contributed by atoms with Crippen LogP contribution in [0.3, 0.4) is 0 Å². The maximum Gasteiger partial charge on any atom is 0.307 e. The molecule has 1 rings (SSSR count). The number of methoxy groups -OCH3 is 1. The molecular formula is C9H15N3O2. The molecule has 0 saturated carbocycles. The van der Waals surface area contributed by atoms with Crippen molar-refractivity contribution in [2.75, 3.05) is 20.2 Å². The van der Waals surface area contributed by atoms with Gasteiger partial charge < -0.3 is 4.74 Å². The van der Waals surface area contributed by atoms with Crippen LogP contribution in [0.1, 0.15) is 12.8 Å². The van der Waals surface area contributed by atoms with Crippen molar-refractivity contribution in [1.29, 1.82) is 0 Å². The molecule has 0 aromatic carbocycles. The number of hydrogen-bond donors (Lipinski definition) is 0. The minimum atomic E-state index is -0.218. The van der Waals surface area contributed by atoms with Gasteiger partial charge in [-0.15, -0.1) is 6.58 Å². The molecule has 78 valence electrons. The van der Waals surface area contributed by atoms with Crippen molar-refractivity contribution >= 4 is 5.97 Å². The molecule has 0 bridgehead atoms. The second-order valence-electron chi connectivity index (χ2n) is 3.08. The van der Waals surface area contributed by atoms with E-state index in [1.54, 1.807) is 0 Å². The summed E-state index contributed by atoms with van der Waals surface area (Å²) in [6.45, 7) is 4.92. The molecular weight excluding hydrogens is 182 g/mol. The fourth-order valence-corrected chi connectivity index (χ4v) is 1.30. The third kappa shape index (κ3) is 2.83. The van der Waals surface area contributed by atoms with Gasteiger partial charge in [0, 0.05) is 6.54 Å². The Morgan fingerprint density at radius 3 is 3.21 bits per heavy atom. The molecule has 1 heterocycles. The van der Waals surface area contributed by atoms with E-state index in [1.807, 2.05) is 11.1 Å². The SMILES string of the molecule is C=CCC1CN=NN1CCC(=O)OC. The zero-order valence-corrected chi connectivity index (χ0v) is 8.35. The van der Waals surface area contributed by atoms with Crippen molar-refractivity contribution in [3.05, 3.63) is 12.7 Å². The van der Waals surface area contributed by atoms with Gasteiger partial charge in [-0.25, -0.2) is 0 Å². The van der Waals surface area contributed by atoms with Gasteiger partial charge in [0.25, 0.3) is 0 Å². The number of rotatable bonds is 5. The van der Waals surface area contributed by atoms with Crippen molar-refractivity contribution in [2.45, 2.75) is 18.9 Å². The highest BCUT2D eigenvalue weighted by atomic mass is 16.5. The van der Waals surface area contributed by atoms with E-state index in [-0.39, 0.29) is 12.0 Å². The Bertz CT molecular complexity index is 240. The first-order valence-corrected chi connectivity index (χ1v) is 4.59. The zero-order valence-electron chi connectivity index (χ0n) is 8.35. The number of nitrogens with zero attached hydrogens (tertiary/aromatic N) is 3. The fraction of sp³-hybridized carbons (Fsp3) is 0.667. The Kier molecular flexibility index (Phi) is 4.10. The molecule has 5 heteroatoms. The first kappa shape index (κ1) is 10.7. The van der Waals surface area contributed by atoms with Gasteiger partial charge in [-0.1, -0.05) is 11.3 Å². The third-order valence-corrected chi connectivity index (χ3v) is 2.10. The quantitative estimate of drug-likeness (QED) is 0.491. The predicted octanol–water partition coefficient (Wildman–Crippen LogP) is 1.18. The summed E-state index contributed by atoms with van der Waals surface area (Å²) in [6, 6.07) is 0.261. The minimum absolute atomic E-state index is 0.218. The van der Waals surface area contributed by atoms with Crippen LogP contribution in [0.25, 0.3) is 0 Å². The summed E-state index contributed by atoms with van der Waals surface area (Å²) in [4.78, 5) is 10.9. The van der Waals surface area contributed by atoms with Crippen LogP contribution in [-0.4, -0.2) is 37.2 Å². The number of carbonyl (C=O) groups is 1. The van der Waals surface area contributed by atoms with Gasteiger partial charge in [0.2, 0.25) is 0 Å². The molecule has 0 radical (unpaired) electrons. The lowest BCUT2D eigenvalue weighted by atomic mass is 10.2. The van der Waals surface area contributed by atoms with Crippen molar-refractivity contribution in [1.82, 2.24) is 5.01 Å². The van der Waals surface area contributed by atoms with Crippen LogP contribution in [0, 0.1) is 0 Å². The second kappa shape index (κ2) is 5.36. The molecule has 14 heavy (non-hydrogen) atoms. The highest BCUT2D eigenvalue weighted by molar-refractivity contribution is 5.69. The van der Waals surface area contributed by atoms with E-state index in [2.05, 4.69) is 21.7 Å². The van der Waals surface area contributed by atoms with E-state index in [0.717, 1.165) is 6.42 Å². The van der Waals surface area contributed by atoms with E-state index < -0.39 is 0 Å². The summed E-state index contributed by atoms with van der Waals surface area (Å²) in [7, 11) is 1.38. The second-order valence-corrected chi connectivity index (χ2v) is 3.08. The smallest absolute Gasteiger partial charge is 0.307 e. The average molecular weight is 197 g/mol. The van der Waals surface area contributed by atoms with Crippen molar-refractivity contribution in [3.63, 3.8) is 0 Å². The molecule has 0 spiro atoms. The Morgan fingerprint density at radius 1 is 1.79 bits per heavy atom. The highest BCUT2D eigenvalue weighted by Crippen LogP contribution is 2.14. The monoisotopic (exact) mass is 197 g/mol. The molecule has 0 aromatic rings. The standard InChI is InChI=1S/C9H15N3O2/c1-3-4-8-7-10-11-12(8)6-5-9(13)14-2/h3,8H,1,4-7H2,2H3. The first-order chi connectivity index (χ1) is 6.77. The summed E-state index contributed by atoms with van der Waals surface area (Å²) < 4.78 is 4.55. The van der Waals surface area contributed by atoms with Crippen LogP contribution in [0.4, 0.5) is 0 Å². The Hall–Kier alpha value is -1.39. The fourth-order valence-electron chi connectivity index (χ4n) is 1.30. The number of ether oxygens (including phenoxy) is 1. The first-order valence-electron chi connectivity index (χ1n) is 4.59. The maximum absolute atomic E-state index is 10.9. The van der Waals surface area contributed by atoms with Crippen LogP contribution in [0.2, 0.25) is 0 Å². The Labute approximate surface area is 83.4 Å². The van der Waals surface area contributed by atoms with Crippen molar-refractivity contribution in [2.24, 2.45) is 10.3 Å². The summed E-state index contributed by atoms with van der Waals surface area (Å²) in [5.74, 6) is -0.218. The molecule has 0 aliphatic carbocycles. The lowest BCUT2D eigenvalue weighted by Gasteiger charge is -2.19. The number of hydrogen-bond acceptors (Lipinski definition) is 5. The Balaban J connectivity index is 2.31. The van der Waals surface area contributed by atoms with Crippen molar-refractivity contribution in [3.8, 4) is 0 Å². The zero-order chi connectivity index (χ0) is 10.4. The van der Waals surface area contributed by atoms with Gasteiger partial charge in [-0.2, -0.15) is 5.11 Å². The van der Waals surface area contributed by atoms with Gasteiger partial charge in [0.1, 0.15) is 0 Å². The lowest BCUT2D eigenvalue weighted by Crippen LogP contribution is -2.30. The minimum Gasteiger partial charge on any atom is -0.469 e. The summed E-state index contributed by atoms with van der Waals surface area (Å²) in [6.07, 6.45) is 3.03. The van der Waals surface area contributed by atoms with Crippen LogP contribution in [0.5, 0.6) is 0 Å². The molecule has 0 fully saturated rings. The largest absolute Gasteiger partial charge is 0.469 e. The van der Waals surface area contributed by atoms with E-state index in [1.165, 1.54) is 7.11 Å². The van der Waals surface area contributed by atoms with Gasteiger partial charge in [-0.3, -0.25) is 9.80 Å². The molecule has 0 aromatic heterocycles. The molecule has 5 nitrogen and oxygen atoms in total. The maximum atomic E-state index is 10.9. The van der Waals surface area contributed by atoms with Gasteiger partial charge in [0.15, 0.2) is 0 Å². The summed E-state index contributed by atoms with van der Waals surface area (Å²) in [5, 5.41) is 9.68. The molecule has 0 N–H and O–H groups in total. The third-order valence-electron chi connectivity index (χ3n) is 2.10. The molecule has 0 amide bonds. The van der Waals surface area contributed by atoms with E-state index >= 15 is 0 Å². The number of esters is 1. The van der Waals surface area contributed by atoms with Gasteiger partial charge in [-0.05, 0) is 6.42 Å². The topological polar surface area (TPSA) is 54.3 Å². The molecule has 1 unspecified atom stereocenters. The van der Waals surface area contributed by atoms with Gasteiger partial charge >= 0.3 is 5.97 Å².